The topological polar surface area (TPSA) is 109 Å². The molecule has 2 heterocycles. The first-order chi connectivity index (χ1) is 17.7. The average Bonchev–Trinajstić information content (AvgIpc) is 2.91. The summed E-state index contributed by atoms with van der Waals surface area (Å²) in [6.07, 6.45) is 1.23. The molecule has 2 aliphatic rings. The number of hydrogen-bond donors (Lipinski definition) is 4. The lowest BCUT2D eigenvalue weighted by molar-refractivity contribution is -0.0597. The number of hydroxylamine groups is 1. The lowest BCUT2D eigenvalue weighted by atomic mass is 9.88. The van der Waals surface area contributed by atoms with Gasteiger partial charge in [-0.3, -0.25) is 14.9 Å². The van der Waals surface area contributed by atoms with Gasteiger partial charge in [0.15, 0.2) is 6.35 Å². The van der Waals surface area contributed by atoms with E-state index in [1.807, 2.05) is 41.8 Å². The van der Waals surface area contributed by atoms with Gasteiger partial charge in [-0.2, -0.15) is 0 Å². The summed E-state index contributed by atoms with van der Waals surface area (Å²) in [6, 6.07) is 15.5. The number of rotatable bonds is 9. The van der Waals surface area contributed by atoms with E-state index < -0.39 is 17.9 Å². The molecule has 1 atom stereocenters. The van der Waals surface area contributed by atoms with Crippen LogP contribution in [0.5, 0.6) is 0 Å². The van der Waals surface area contributed by atoms with Crippen LogP contribution in [0.2, 0.25) is 0 Å². The minimum Gasteiger partial charge on any atom is -0.389 e. The number of hydrogen-bond acceptors (Lipinski definition) is 8. The maximum absolute atomic E-state index is 11.7. The molecule has 202 valence electrons. The predicted octanol–water partition coefficient (Wildman–Crippen LogP) is 2.37. The Morgan fingerprint density at radius 2 is 1.78 bits per heavy atom. The zero-order valence-corrected chi connectivity index (χ0v) is 21.8. The van der Waals surface area contributed by atoms with Gasteiger partial charge < -0.3 is 24.7 Å². The number of aliphatic hydroxyl groups is 2. The van der Waals surface area contributed by atoms with Crippen molar-refractivity contribution >= 4 is 11.6 Å². The minimum absolute atomic E-state index is 0.365. The van der Waals surface area contributed by atoms with Gasteiger partial charge in [0.2, 0.25) is 0 Å². The number of piperidine rings is 1. The molecule has 2 saturated heterocycles. The Labute approximate surface area is 219 Å². The number of ether oxygens (including phenoxy) is 1. The lowest BCUT2D eigenvalue weighted by Crippen LogP contribution is -2.52. The van der Waals surface area contributed by atoms with Gasteiger partial charge in [0.25, 0.3) is 5.91 Å². The summed E-state index contributed by atoms with van der Waals surface area (Å²) >= 11 is 0. The molecule has 4 N–H and O–H groups in total. The number of morpholine rings is 1. The number of carbonyl (C=O) groups is 1. The fourth-order valence-corrected chi connectivity index (χ4v) is 5.26. The Bertz CT molecular complexity index is 1010. The average molecular weight is 513 g/mol. The molecular formula is C28H40N4O5. The number of β-amino-alcohol motifs (C(OH)–C–C–N with tert-alkyl or cyclic N) is 1. The van der Waals surface area contributed by atoms with Gasteiger partial charge in [-0.1, -0.05) is 24.3 Å². The molecule has 0 radical (unpaired) electrons. The van der Waals surface area contributed by atoms with Crippen LogP contribution in [0.15, 0.2) is 48.5 Å². The van der Waals surface area contributed by atoms with Crippen molar-refractivity contribution in [1.29, 1.82) is 0 Å². The number of likely N-dealkylation sites (tertiary alicyclic amines) is 1. The minimum atomic E-state index is -0.826. The molecule has 0 bridgehead atoms. The van der Waals surface area contributed by atoms with E-state index in [0.717, 1.165) is 37.2 Å². The second-order valence-corrected chi connectivity index (χ2v) is 10.7. The smallest absolute Gasteiger partial charge is 0.274 e. The maximum atomic E-state index is 11.7. The van der Waals surface area contributed by atoms with E-state index >= 15 is 0 Å². The fraction of sp³-hybridized carbons (Fsp3) is 0.536. The number of amides is 1. The van der Waals surface area contributed by atoms with Gasteiger partial charge in [0.1, 0.15) is 0 Å². The maximum Gasteiger partial charge on any atom is 0.274 e. The van der Waals surface area contributed by atoms with Crippen molar-refractivity contribution < 1.29 is 25.0 Å². The largest absolute Gasteiger partial charge is 0.389 e. The first-order valence-electron chi connectivity index (χ1n) is 13.1. The highest BCUT2D eigenvalue weighted by atomic mass is 16.5. The van der Waals surface area contributed by atoms with Gasteiger partial charge >= 0.3 is 0 Å². The predicted molar refractivity (Wildman–Crippen MR) is 141 cm³/mol. The first-order valence-corrected chi connectivity index (χ1v) is 13.1. The Balaban J connectivity index is 1.53. The molecule has 2 fully saturated rings. The van der Waals surface area contributed by atoms with Gasteiger partial charge in [0, 0.05) is 37.4 Å². The van der Waals surface area contributed by atoms with E-state index in [0.29, 0.717) is 50.9 Å². The van der Waals surface area contributed by atoms with Crippen molar-refractivity contribution in [1.82, 2.24) is 15.3 Å². The van der Waals surface area contributed by atoms with Crippen LogP contribution >= 0.6 is 0 Å². The molecule has 1 unspecified atom stereocenters. The fourth-order valence-electron chi connectivity index (χ4n) is 5.26. The van der Waals surface area contributed by atoms with Crippen LogP contribution in [-0.2, 0) is 11.3 Å². The van der Waals surface area contributed by atoms with Gasteiger partial charge in [-0.25, -0.2) is 5.48 Å². The molecule has 2 aromatic rings. The molecule has 0 saturated carbocycles. The number of aliphatic hydroxyl groups excluding tert-OH is 1. The highest BCUT2D eigenvalue weighted by Gasteiger charge is 2.28. The van der Waals surface area contributed by atoms with E-state index in [1.165, 1.54) is 5.56 Å². The third-order valence-corrected chi connectivity index (χ3v) is 7.19. The van der Waals surface area contributed by atoms with Crippen molar-refractivity contribution in [3.8, 4) is 0 Å². The van der Waals surface area contributed by atoms with E-state index in [2.05, 4.69) is 23.1 Å². The Kier molecular flexibility index (Phi) is 9.17. The normalized spacial score (nSPS) is 18.9. The number of benzene rings is 2. The number of anilines is 1. The molecule has 4 rings (SSSR count). The van der Waals surface area contributed by atoms with Crippen molar-refractivity contribution in [2.45, 2.75) is 51.1 Å². The molecule has 9 heteroatoms. The number of nitrogens with zero attached hydrogens (tertiary/aromatic N) is 3. The van der Waals surface area contributed by atoms with Crippen LogP contribution in [-0.4, -0.2) is 89.0 Å². The van der Waals surface area contributed by atoms with Crippen LogP contribution in [0, 0.1) is 0 Å². The summed E-state index contributed by atoms with van der Waals surface area (Å²) in [5.74, 6) is -0.130. The van der Waals surface area contributed by atoms with Crippen molar-refractivity contribution in [2.24, 2.45) is 0 Å². The zero-order valence-electron chi connectivity index (χ0n) is 21.8. The summed E-state index contributed by atoms with van der Waals surface area (Å²) in [4.78, 5) is 18.0. The molecule has 0 spiro atoms. The van der Waals surface area contributed by atoms with Crippen LogP contribution in [0.25, 0.3) is 0 Å². The van der Waals surface area contributed by atoms with Crippen LogP contribution in [0.3, 0.4) is 0 Å². The first kappa shape index (κ1) is 27.5. The lowest BCUT2D eigenvalue weighted by Gasteiger charge is -2.39. The molecule has 2 aromatic carbocycles. The van der Waals surface area contributed by atoms with E-state index in [9.17, 15) is 15.0 Å². The monoisotopic (exact) mass is 512 g/mol. The second kappa shape index (κ2) is 12.3. The van der Waals surface area contributed by atoms with Crippen LogP contribution < -0.4 is 10.4 Å². The Morgan fingerprint density at radius 1 is 1.11 bits per heavy atom. The standard InChI is InChI=1S/C28H40N4O5/c1-28(2,35)20-30-12-10-22(11-13-30)24-4-3-5-25(18-24)32(27(34)31-14-16-37-17-15-31)19-21-6-8-23(9-7-21)26(33)29-36/h3-9,18,22,27,34-36H,10-17,19-20H2,1-2H3,(H,29,33). The Morgan fingerprint density at radius 3 is 2.41 bits per heavy atom. The van der Waals surface area contributed by atoms with Gasteiger partial charge in [-0.05, 0) is 81.1 Å². The quantitative estimate of drug-likeness (QED) is 0.230. The summed E-state index contributed by atoms with van der Waals surface area (Å²) in [5, 5.41) is 30.5. The van der Waals surface area contributed by atoms with Crippen LogP contribution in [0.1, 0.15) is 54.1 Å². The van der Waals surface area contributed by atoms with E-state index in [4.69, 9.17) is 9.94 Å². The second-order valence-electron chi connectivity index (χ2n) is 10.7. The molecule has 9 nitrogen and oxygen atoms in total. The van der Waals surface area contributed by atoms with Gasteiger partial charge in [-0.15, -0.1) is 0 Å². The highest BCUT2D eigenvalue weighted by Crippen LogP contribution is 2.32. The molecule has 0 aromatic heterocycles. The molecule has 0 aliphatic carbocycles. The van der Waals surface area contributed by atoms with Gasteiger partial charge in [0.05, 0.1) is 18.8 Å². The zero-order chi connectivity index (χ0) is 26.4. The molecule has 2 aliphatic heterocycles. The molecule has 1 amide bonds. The third-order valence-electron chi connectivity index (χ3n) is 7.19. The number of carbonyl (C=O) groups excluding carboxylic acids is 1. The molecule has 37 heavy (non-hydrogen) atoms. The SMILES string of the molecule is CC(C)(O)CN1CCC(c2cccc(N(Cc3ccc(C(=O)NO)cc3)C(O)N3CCOCC3)c2)CC1. The highest BCUT2D eigenvalue weighted by molar-refractivity contribution is 5.93. The summed E-state index contributed by atoms with van der Waals surface area (Å²) in [7, 11) is 0. The molecular weight excluding hydrogens is 472 g/mol. The van der Waals surface area contributed by atoms with Crippen molar-refractivity contribution in [3.05, 3.63) is 65.2 Å². The third kappa shape index (κ3) is 7.50. The van der Waals surface area contributed by atoms with E-state index in [1.54, 1.807) is 17.6 Å². The summed E-state index contributed by atoms with van der Waals surface area (Å²) in [6.45, 7) is 9.19. The van der Waals surface area contributed by atoms with Crippen LogP contribution in [0.4, 0.5) is 5.69 Å². The van der Waals surface area contributed by atoms with Crippen molar-refractivity contribution in [3.63, 3.8) is 0 Å². The summed E-state index contributed by atoms with van der Waals surface area (Å²) in [5.41, 5.74) is 4.46. The number of nitrogens with one attached hydrogen (secondary N) is 1. The Hall–Kier alpha value is -2.53. The van der Waals surface area contributed by atoms with Crippen molar-refractivity contribution in [2.75, 3.05) is 50.8 Å². The van der Waals surface area contributed by atoms with E-state index in [-0.39, 0.29) is 0 Å². The summed E-state index contributed by atoms with van der Waals surface area (Å²) < 4.78 is 5.49.